The minimum Gasteiger partial charge on any atom is -0.344 e. The van der Waals surface area contributed by atoms with Gasteiger partial charge in [0, 0.05) is 4.90 Å². The zero-order chi connectivity index (χ0) is 21.9. The number of dihydropyridines is 1. The van der Waals surface area contributed by atoms with Crippen LogP contribution in [0.25, 0.3) is 0 Å². The van der Waals surface area contributed by atoms with Gasteiger partial charge in [0.2, 0.25) is 5.91 Å². The van der Waals surface area contributed by atoms with Crippen molar-refractivity contribution in [3.63, 3.8) is 0 Å². The number of aryl methyl sites for hydroxylation is 1. The first kappa shape index (κ1) is 21.8. The number of halogens is 3. The van der Waals surface area contributed by atoms with E-state index in [-0.39, 0.29) is 0 Å². The molecular formula is C22H19F3N2O2S. The Morgan fingerprint density at radius 1 is 1.13 bits per heavy atom. The fourth-order valence-corrected chi connectivity index (χ4v) is 3.49. The molecule has 2 atom stereocenters. The highest BCUT2D eigenvalue weighted by molar-refractivity contribution is 7.98. The minimum atomic E-state index is -4.74. The van der Waals surface area contributed by atoms with Crippen LogP contribution < -0.4 is 5.32 Å². The third kappa shape index (κ3) is 4.99. The summed E-state index contributed by atoms with van der Waals surface area (Å²) in [4.78, 5) is 28.9. The van der Waals surface area contributed by atoms with Gasteiger partial charge in [-0.2, -0.15) is 13.2 Å². The van der Waals surface area contributed by atoms with E-state index in [2.05, 4.69) is 10.3 Å². The molecule has 0 saturated carbocycles. The number of carbonyl (C=O) groups is 2. The molecule has 2 aromatic rings. The van der Waals surface area contributed by atoms with Gasteiger partial charge in [-0.3, -0.25) is 9.59 Å². The summed E-state index contributed by atoms with van der Waals surface area (Å²) in [5.74, 6) is -3.25. The molecule has 3 rings (SSSR count). The molecule has 4 nitrogen and oxygen atoms in total. The van der Waals surface area contributed by atoms with Crippen LogP contribution >= 0.6 is 11.8 Å². The highest BCUT2D eigenvalue weighted by Crippen LogP contribution is 2.28. The summed E-state index contributed by atoms with van der Waals surface area (Å²) in [6.45, 7) is 1.94. The highest BCUT2D eigenvalue weighted by Gasteiger charge is 2.39. The number of nitrogens with one attached hydrogen (secondary N) is 1. The number of carbonyl (C=O) groups excluding carboxylic acids is 2. The van der Waals surface area contributed by atoms with E-state index in [0.717, 1.165) is 27.7 Å². The molecule has 8 heteroatoms. The van der Waals surface area contributed by atoms with E-state index in [1.807, 2.05) is 61.7 Å². The summed E-state index contributed by atoms with van der Waals surface area (Å²) in [7, 11) is 0. The van der Waals surface area contributed by atoms with E-state index in [9.17, 15) is 22.8 Å². The van der Waals surface area contributed by atoms with Crippen molar-refractivity contribution >= 4 is 29.3 Å². The Hall–Kier alpha value is -2.87. The number of alkyl halides is 3. The van der Waals surface area contributed by atoms with Crippen molar-refractivity contribution in [2.75, 3.05) is 6.26 Å². The van der Waals surface area contributed by atoms with Gasteiger partial charge in [-0.1, -0.05) is 48.0 Å². The molecule has 0 spiro atoms. The van der Waals surface area contributed by atoms with Gasteiger partial charge in [0.1, 0.15) is 11.6 Å². The van der Waals surface area contributed by atoms with Crippen LogP contribution in [0.5, 0.6) is 0 Å². The van der Waals surface area contributed by atoms with Crippen LogP contribution in [0, 0.1) is 12.8 Å². The first-order valence-corrected chi connectivity index (χ1v) is 10.3. The molecule has 0 aliphatic carbocycles. The van der Waals surface area contributed by atoms with E-state index < -0.39 is 35.7 Å². The number of hydrogen-bond donors (Lipinski definition) is 1. The van der Waals surface area contributed by atoms with Gasteiger partial charge >= 0.3 is 6.18 Å². The summed E-state index contributed by atoms with van der Waals surface area (Å²) in [6, 6.07) is 14.5. The molecule has 2 amide bonds. The first-order chi connectivity index (χ1) is 14.2. The summed E-state index contributed by atoms with van der Waals surface area (Å²) >= 11 is 1.55. The van der Waals surface area contributed by atoms with Crippen molar-refractivity contribution in [2.24, 2.45) is 10.9 Å². The number of rotatable bonds is 5. The van der Waals surface area contributed by atoms with Crippen LogP contribution in [0.4, 0.5) is 13.2 Å². The van der Waals surface area contributed by atoms with E-state index in [0.29, 0.717) is 6.08 Å². The number of benzene rings is 2. The lowest BCUT2D eigenvalue weighted by molar-refractivity contribution is -0.132. The highest BCUT2D eigenvalue weighted by atomic mass is 32.2. The normalized spacial score (nSPS) is 17.4. The quantitative estimate of drug-likeness (QED) is 0.553. The number of aliphatic imine (C=N–C) groups is 1. The molecular weight excluding hydrogens is 413 g/mol. The Bertz CT molecular complexity index is 1010. The largest absolute Gasteiger partial charge is 0.433 e. The summed E-state index contributed by atoms with van der Waals surface area (Å²) in [6.07, 6.45) is -1.20. The van der Waals surface area contributed by atoms with Crippen LogP contribution in [-0.2, 0) is 9.59 Å². The fraction of sp³-hybridized carbons (Fsp3) is 0.227. The lowest BCUT2D eigenvalue weighted by atomic mass is 9.96. The lowest BCUT2D eigenvalue weighted by Crippen LogP contribution is -2.39. The van der Waals surface area contributed by atoms with Crippen molar-refractivity contribution in [1.29, 1.82) is 0 Å². The maximum Gasteiger partial charge on any atom is 0.433 e. The summed E-state index contributed by atoms with van der Waals surface area (Å²) in [5, 5.41) is 2.80. The van der Waals surface area contributed by atoms with E-state index in [1.165, 1.54) is 0 Å². The van der Waals surface area contributed by atoms with Crippen LogP contribution in [0.15, 0.2) is 70.6 Å². The standard InChI is InChI=1S/C22H19F3N2O2S/c1-13-6-8-14(9-7-13)19(15-4-3-5-16(12-15)30-2)27-21(29)17-10-11-18(22(23,24)25)26-20(17)28/h3-12,17,19H,1-2H3,(H,27,29). The maximum atomic E-state index is 12.8. The first-order valence-electron chi connectivity index (χ1n) is 9.08. The molecule has 2 aromatic carbocycles. The monoisotopic (exact) mass is 432 g/mol. The van der Waals surface area contributed by atoms with E-state index in [4.69, 9.17) is 0 Å². The van der Waals surface area contributed by atoms with Crippen molar-refractivity contribution < 1.29 is 22.8 Å². The maximum absolute atomic E-state index is 12.8. The average molecular weight is 432 g/mol. The van der Waals surface area contributed by atoms with Crippen LogP contribution in [-0.4, -0.2) is 30.0 Å². The van der Waals surface area contributed by atoms with Gasteiger partial charge in [0.05, 0.1) is 6.04 Å². The van der Waals surface area contributed by atoms with Gasteiger partial charge in [-0.05, 0) is 42.5 Å². The number of nitrogens with zero attached hydrogens (tertiary/aromatic N) is 1. The Balaban J connectivity index is 1.89. The molecule has 1 N–H and O–H groups in total. The van der Waals surface area contributed by atoms with Crippen molar-refractivity contribution in [2.45, 2.75) is 24.0 Å². The second kappa shape index (κ2) is 8.87. The minimum absolute atomic E-state index is 0.570. The Morgan fingerprint density at radius 2 is 1.83 bits per heavy atom. The zero-order valence-electron chi connectivity index (χ0n) is 16.2. The van der Waals surface area contributed by atoms with Crippen molar-refractivity contribution in [1.82, 2.24) is 5.32 Å². The van der Waals surface area contributed by atoms with Gasteiger partial charge in [-0.25, -0.2) is 4.99 Å². The summed E-state index contributed by atoms with van der Waals surface area (Å²) in [5.41, 5.74) is 1.32. The van der Waals surface area contributed by atoms with Gasteiger partial charge in [0.15, 0.2) is 0 Å². The lowest BCUT2D eigenvalue weighted by Gasteiger charge is -2.23. The van der Waals surface area contributed by atoms with Crippen LogP contribution in [0.2, 0.25) is 0 Å². The molecule has 0 bridgehead atoms. The Kier molecular flexibility index (Phi) is 6.45. The third-order valence-electron chi connectivity index (χ3n) is 4.64. The molecule has 1 aliphatic rings. The molecule has 1 aliphatic heterocycles. The zero-order valence-corrected chi connectivity index (χ0v) is 17.1. The summed E-state index contributed by atoms with van der Waals surface area (Å²) < 4.78 is 38.3. The Labute approximate surface area is 176 Å². The van der Waals surface area contributed by atoms with Crippen molar-refractivity contribution in [3.8, 4) is 0 Å². The second-order valence-corrected chi connectivity index (χ2v) is 7.68. The molecule has 1 heterocycles. The van der Waals surface area contributed by atoms with Gasteiger partial charge in [-0.15, -0.1) is 11.8 Å². The third-order valence-corrected chi connectivity index (χ3v) is 5.37. The predicted octanol–water partition coefficient (Wildman–Crippen LogP) is 4.64. The SMILES string of the molecule is CSc1cccc(C(NC(=O)C2C=CC(C(F)(F)F)=NC2=O)c2ccc(C)cc2)c1. The molecule has 30 heavy (non-hydrogen) atoms. The second-order valence-electron chi connectivity index (χ2n) is 6.80. The number of hydrogen-bond acceptors (Lipinski definition) is 3. The molecule has 2 unspecified atom stereocenters. The fourth-order valence-electron chi connectivity index (χ4n) is 3.02. The molecule has 0 aromatic heterocycles. The molecule has 0 fully saturated rings. The molecule has 156 valence electrons. The average Bonchev–Trinajstić information content (AvgIpc) is 2.72. The van der Waals surface area contributed by atoms with Gasteiger partial charge < -0.3 is 5.32 Å². The van der Waals surface area contributed by atoms with Crippen molar-refractivity contribution in [3.05, 3.63) is 77.4 Å². The molecule has 0 radical (unpaired) electrons. The predicted molar refractivity (Wildman–Crippen MR) is 111 cm³/mol. The Morgan fingerprint density at radius 3 is 2.43 bits per heavy atom. The number of thioether (sulfide) groups is 1. The number of amides is 2. The smallest absolute Gasteiger partial charge is 0.344 e. The molecule has 0 saturated heterocycles. The number of allylic oxidation sites excluding steroid dienone is 1. The van der Waals surface area contributed by atoms with E-state index in [1.54, 1.807) is 11.8 Å². The van der Waals surface area contributed by atoms with E-state index >= 15 is 0 Å². The van der Waals surface area contributed by atoms with Gasteiger partial charge in [0.25, 0.3) is 5.91 Å². The van der Waals surface area contributed by atoms with Crippen LogP contribution in [0.3, 0.4) is 0 Å². The topological polar surface area (TPSA) is 58.5 Å². The van der Waals surface area contributed by atoms with Crippen LogP contribution in [0.1, 0.15) is 22.7 Å².